The smallest absolute Gasteiger partial charge is 0.234 e. The second-order valence-electron chi connectivity index (χ2n) is 4.98. The Bertz CT molecular complexity index is 753. The van der Waals surface area contributed by atoms with Crippen molar-refractivity contribution in [2.24, 2.45) is 0 Å². The number of carbonyl (C=O) groups excluding carboxylic acids is 2. The van der Waals surface area contributed by atoms with Crippen LogP contribution in [-0.2, 0) is 9.59 Å². The summed E-state index contributed by atoms with van der Waals surface area (Å²) in [6, 6.07) is 12.3. The minimum absolute atomic E-state index is 0.160. The van der Waals surface area contributed by atoms with Crippen LogP contribution in [0.5, 0.6) is 0 Å². The summed E-state index contributed by atoms with van der Waals surface area (Å²) in [4.78, 5) is 23.8. The SMILES string of the molecule is Cc1c(Cl)cccc1NC(=O)CSCC(=O)Nc1ccccc1Cl. The first-order valence-corrected chi connectivity index (χ1v) is 9.05. The van der Waals surface area contributed by atoms with E-state index in [1.165, 1.54) is 11.8 Å². The summed E-state index contributed by atoms with van der Waals surface area (Å²) in [6.45, 7) is 1.84. The van der Waals surface area contributed by atoms with Crippen molar-refractivity contribution in [3.8, 4) is 0 Å². The number of para-hydroxylation sites is 1. The van der Waals surface area contributed by atoms with Gasteiger partial charge in [0.2, 0.25) is 11.8 Å². The van der Waals surface area contributed by atoms with Crippen LogP contribution in [0.15, 0.2) is 42.5 Å². The van der Waals surface area contributed by atoms with Crippen molar-refractivity contribution in [1.82, 2.24) is 0 Å². The van der Waals surface area contributed by atoms with E-state index in [-0.39, 0.29) is 23.3 Å². The molecule has 0 unspecified atom stereocenters. The lowest BCUT2D eigenvalue weighted by molar-refractivity contribution is -0.114. The molecule has 2 aromatic carbocycles. The molecule has 0 heterocycles. The molecule has 0 saturated carbocycles. The first kappa shape index (κ1) is 18.6. The van der Waals surface area contributed by atoms with Crippen molar-refractivity contribution in [2.75, 3.05) is 22.1 Å². The second kappa shape index (κ2) is 8.97. The van der Waals surface area contributed by atoms with Crippen LogP contribution in [0.1, 0.15) is 5.56 Å². The van der Waals surface area contributed by atoms with Crippen molar-refractivity contribution in [1.29, 1.82) is 0 Å². The average Bonchev–Trinajstić information content (AvgIpc) is 2.54. The largest absolute Gasteiger partial charge is 0.325 e. The van der Waals surface area contributed by atoms with E-state index in [2.05, 4.69) is 10.6 Å². The monoisotopic (exact) mass is 382 g/mol. The van der Waals surface area contributed by atoms with E-state index in [4.69, 9.17) is 23.2 Å². The molecule has 2 aromatic rings. The van der Waals surface area contributed by atoms with E-state index in [0.717, 1.165) is 5.56 Å². The number of benzene rings is 2. The Kier molecular flexibility index (Phi) is 6.97. The van der Waals surface area contributed by atoms with Gasteiger partial charge in [0.1, 0.15) is 0 Å². The van der Waals surface area contributed by atoms with Gasteiger partial charge in [-0.25, -0.2) is 0 Å². The molecule has 0 aromatic heterocycles. The molecule has 0 aliphatic heterocycles. The average molecular weight is 383 g/mol. The molecule has 126 valence electrons. The lowest BCUT2D eigenvalue weighted by atomic mass is 10.2. The third kappa shape index (κ3) is 5.44. The molecule has 0 aliphatic carbocycles. The Hall–Kier alpha value is -1.69. The molecule has 2 N–H and O–H groups in total. The van der Waals surface area contributed by atoms with E-state index in [1.54, 1.807) is 42.5 Å². The maximum Gasteiger partial charge on any atom is 0.234 e. The molecule has 0 saturated heterocycles. The summed E-state index contributed by atoms with van der Waals surface area (Å²) >= 11 is 13.2. The van der Waals surface area contributed by atoms with E-state index in [9.17, 15) is 9.59 Å². The lowest BCUT2D eigenvalue weighted by Gasteiger charge is -2.09. The third-order valence-electron chi connectivity index (χ3n) is 3.16. The topological polar surface area (TPSA) is 58.2 Å². The molecule has 2 rings (SSSR count). The van der Waals surface area contributed by atoms with Gasteiger partial charge in [-0.05, 0) is 36.8 Å². The van der Waals surface area contributed by atoms with Crippen molar-refractivity contribution in [3.63, 3.8) is 0 Å². The highest BCUT2D eigenvalue weighted by Gasteiger charge is 2.09. The molecule has 0 radical (unpaired) electrons. The van der Waals surface area contributed by atoms with Crippen LogP contribution in [0.3, 0.4) is 0 Å². The summed E-state index contributed by atoms with van der Waals surface area (Å²) in [7, 11) is 0. The predicted molar refractivity (Wildman–Crippen MR) is 102 cm³/mol. The minimum Gasteiger partial charge on any atom is -0.325 e. The normalized spacial score (nSPS) is 10.3. The fraction of sp³-hybridized carbons (Fsp3) is 0.176. The van der Waals surface area contributed by atoms with Crippen LogP contribution in [0.2, 0.25) is 10.0 Å². The number of anilines is 2. The molecule has 2 amide bonds. The molecule has 7 heteroatoms. The van der Waals surface area contributed by atoms with Gasteiger partial charge in [-0.15, -0.1) is 11.8 Å². The van der Waals surface area contributed by atoms with Gasteiger partial charge in [0, 0.05) is 10.7 Å². The molecule has 24 heavy (non-hydrogen) atoms. The van der Waals surface area contributed by atoms with Crippen LogP contribution >= 0.6 is 35.0 Å². The van der Waals surface area contributed by atoms with E-state index in [0.29, 0.717) is 21.4 Å². The zero-order valence-corrected chi connectivity index (χ0v) is 15.3. The van der Waals surface area contributed by atoms with Crippen molar-refractivity contribution in [2.45, 2.75) is 6.92 Å². The Balaban J connectivity index is 1.77. The summed E-state index contributed by atoms with van der Waals surface area (Å²) in [5, 5.41) is 6.57. The Morgan fingerprint density at radius 3 is 2.08 bits per heavy atom. The number of carbonyl (C=O) groups is 2. The standard InChI is InChI=1S/C17H16Cl2N2O2S/c1-11-12(18)6-4-8-14(11)20-16(22)9-24-10-17(23)21-15-7-3-2-5-13(15)19/h2-8H,9-10H2,1H3,(H,20,22)(H,21,23). The van der Waals surface area contributed by atoms with Crippen molar-refractivity contribution < 1.29 is 9.59 Å². The first-order chi connectivity index (χ1) is 11.5. The molecule has 0 atom stereocenters. The van der Waals surface area contributed by atoms with Crippen LogP contribution < -0.4 is 10.6 Å². The number of nitrogens with one attached hydrogen (secondary N) is 2. The fourth-order valence-corrected chi connectivity index (χ4v) is 2.89. The van der Waals surface area contributed by atoms with Crippen LogP contribution in [0.25, 0.3) is 0 Å². The number of thioether (sulfide) groups is 1. The minimum atomic E-state index is -0.208. The maximum atomic E-state index is 11.9. The second-order valence-corrected chi connectivity index (χ2v) is 6.78. The van der Waals surface area contributed by atoms with Gasteiger partial charge in [0.25, 0.3) is 0 Å². The van der Waals surface area contributed by atoms with Gasteiger partial charge in [0.05, 0.1) is 22.2 Å². The molecule has 0 spiro atoms. The van der Waals surface area contributed by atoms with Crippen LogP contribution in [0.4, 0.5) is 11.4 Å². The highest BCUT2D eigenvalue weighted by molar-refractivity contribution is 8.00. The Labute approximate surface area is 154 Å². The zero-order valence-electron chi connectivity index (χ0n) is 12.9. The van der Waals surface area contributed by atoms with E-state index < -0.39 is 0 Å². The quantitative estimate of drug-likeness (QED) is 0.766. The number of rotatable bonds is 6. The van der Waals surface area contributed by atoms with E-state index >= 15 is 0 Å². The van der Waals surface area contributed by atoms with Crippen molar-refractivity contribution in [3.05, 3.63) is 58.1 Å². The lowest BCUT2D eigenvalue weighted by Crippen LogP contribution is -2.19. The number of amides is 2. The molecule has 0 fully saturated rings. The highest BCUT2D eigenvalue weighted by atomic mass is 35.5. The highest BCUT2D eigenvalue weighted by Crippen LogP contribution is 2.23. The summed E-state index contributed by atoms with van der Waals surface area (Å²) in [5.74, 6) is -0.0644. The molecular formula is C17H16Cl2N2O2S. The van der Waals surface area contributed by atoms with Crippen LogP contribution in [0, 0.1) is 6.92 Å². The zero-order chi connectivity index (χ0) is 17.5. The van der Waals surface area contributed by atoms with Crippen molar-refractivity contribution >= 4 is 58.2 Å². The van der Waals surface area contributed by atoms with E-state index in [1.807, 2.05) is 6.92 Å². The third-order valence-corrected chi connectivity index (χ3v) is 4.83. The fourth-order valence-electron chi connectivity index (χ4n) is 1.91. The number of hydrogen-bond donors (Lipinski definition) is 2. The van der Waals surface area contributed by atoms with Gasteiger partial charge >= 0.3 is 0 Å². The van der Waals surface area contributed by atoms with Gasteiger partial charge in [-0.3, -0.25) is 9.59 Å². The maximum absolute atomic E-state index is 11.9. The summed E-state index contributed by atoms with van der Waals surface area (Å²) in [5.41, 5.74) is 2.05. The molecular weight excluding hydrogens is 367 g/mol. The predicted octanol–water partition coefficient (Wildman–Crippen LogP) is 4.61. The number of halogens is 2. The summed E-state index contributed by atoms with van der Waals surface area (Å²) in [6.07, 6.45) is 0. The van der Waals surface area contributed by atoms with Gasteiger partial charge in [-0.2, -0.15) is 0 Å². The molecule has 4 nitrogen and oxygen atoms in total. The molecule has 0 aliphatic rings. The van der Waals surface area contributed by atoms with Gasteiger partial charge < -0.3 is 10.6 Å². The molecule has 0 bridgehead atoms. The first-order valence-electron chi connectivity index (χ1n) is 7.14. The van der Waals surface area contributed by atoms with Crippen LogP contribution in [-0.4, -0.2) is 23.3 Å². The number of hydrogen-bond acceptors (Lipinski definition) is 3. The Morgan fingerprint density at radius 2 is 1.42 bits per heavy atom. The summed E-state index contributed by atoms with van der Waals surface area (Å²) < 4.78 is 0. The van der Waals surface area contributed by atoms with Gasteiger partial charge in [0.15, 0.2) is 0 Å². The Morgan fingerprint density at radius 1 is 0.875 bits per heavy atom. The van der Waals surface area contributed by atoms with Gasteiger partial charge in [-0.1, -0.05) is 41.4 Å².